The number of alkyl halides is 3. The van der Waals surface area contributed by atoms with E-state index in [9.17, 15) is 13.2 Å². The molecular formula is C15H23F3N4OS. The van der Waals surface area contributed by atoms with Gasteiger partial charge in [-0.05, 0) is 26.7 Å². The van der Waals surface area contributed by atoms with E-state index in [1.807, 2.05) is 13.8 Å². The number of piperidine rings is 1. The van der Waals surface area contributed by atoms with Crippen LogP contribution in [0.25, 0.3) is 0 Å². The molecule has 136 valence electrons. The van der Waals surface area contributed by atoms with Crippen LogP contribution in [-0.2, 0) is 17.5 Å². The average molecular weight is 364 g/mol. The van der Waals surface area contributed by atoms with Gasteiger partial charge < -0.3 is 15.0 Å². The van der Waals surface area contributed by atoms with Gasteiger partial charge in [0, 0.05) is 31.6 Å². The second-order valence-electron chi connectivity index (χ2n) is 5.44. The molecule has 2 heterocycles. The lowest BCUT2D eigenvalue weighted by atomic mass is 10.1. The number of rotatable bonds is 5. The molecule has 0 radical (unpaired) electrons. The molecule has 9 heteroatoms. The van der Waals surface area contributed by atoms with E-state index >= 15 is 0 Å². The van der Waals surface area contributed by atoms with Crippen LogP contribution in [0, 0.1) is 0 Å². The molecule has 1 aliphatic heterocycles. The molecule has 0 unspecified atom stereocenters. The fourth-order valence-electron chi connectivity index (χ4n) is 2.55. The van der Waals surface area contributed by atoms with Crippen LogP contribution in [0.4, 0.5) is 13.2 Å². The van der Waals surface area contributed by atoms with Crippen LogP contribution in [0.2, 0.25) is 0 Å². The molecular weight excluding hydrogens is 341 g/mol. The summed E-state index contributed by atoms with van der Waals surface area (Å²) in [6.07, 6.45) is -2.27. The predicted octanol–water partition coefficient (Wildman–Crippen LogP) is 3.13. The molecule has 5 nitrogen and oxygen atoms in total. The molecule has 24 heavy (non-hydrogen) atoms. The molecule has 0 amide bonds. The summed E-state index contributed by atoms with van der Waals surface area (Å²) in [6, 6.07) is 0. The van der Waals surface area contributed by atoms with Gasteiger partial charge in [-0.1, -0.05) is 0 Å². The molecule has 0 atom stereocenters. The third-order valence-corrected chi connectivity index (χ3v) is 4.52. The zero-order valence-corrected chi connectivity index (χ0v) is 14.7. The molecule has 1 N–H and O–H groups in total. The van der Waals surface area contributed by atoms with E-state index in [0.717, 1.165) is 48.6 Å². The fraction of sp³-hybridized carbons (Fsp3) is 0.733. The second-order valence-corrected chi connectivity index (χ2v) is 6.38. The maximum absolute atomic E-state index is 12.6. The minimum atomic E-state index is -4.40. The highest BCUT2D eigenvalue weighted by atomic mass is 32.1. The quantitative estimate of drug-likeness (QED) is 0.644. The highest BCUT2D eigenvalue weighted by Gasteiger charge is 2.33. The summed E-state index contributed by atoms with van der Waals surface area (Å²) < 4.78 is 43.4. The van der Waals surface area contributed by atoms with Crippen molar-refractivity contribution in [3.63, 3.8) is 0 Å². The lowest BCUT2D eigenvalue weighted by molar-refractivity contribution is -0.140. The summed E-state index contributed by atoms with van der Waals surface area (Å²) in [7, 11) is 0. The van der Waals surface area contributed by atoms with Gasteiger partial charge in [-0.3, -0.25) is 0 Å². The van der Waals surface area contributed by atoms with Gasteiger partial charge in [-0.25, -0.2) is 9.98 Å². The van der Waals surface area contributed by atoms with Gasteiger partial charge in [-0.2, -0.15) is 13.2 Å². The minimum Gasteiger partial charge on any atom is -0.378 e. The molecule has 1 aromatic heterocycles. The number of hydrogen-bond donors (Lipinski definition) is 1. The maximum atomic E-state index is 12.6. The zero-order valence-electron chi connectivity index (χ0n) is 13.9. The van der Waals surface area contributed by atoms with Gasteiger partial charge in [0.1, 0.15) is 5.01 Å². The van der Waals surface area contributed by atoms with Crippen molar-refractivity contribution >= 4 is 17.3 Å². The molecule has 1 aliphatic rings. The Balaban J connectivity index is 1.97. The largest absolute Gasteiger partial charge is 0.434 e. The molecule has 1 fully saturated rings. The number of likely N-dealkylation sites (tertiary alicyclic amines) is 1. The molecule has 0 aromatic carbocycles. The van der Waals surface area contributed by atoms with E-state index in [1.165, 1.54) is 0 Å². The van der Waals surface area contributed by atoms with Crippen molar-refractivity contribution in [2.24, 2.45) is 4.99 Å². The number of aromatic nitrogens is 1. The van der Waals surface area contributed by atoms with Crippen LogP contribution < -0.4 is 5.32 Å². The predicted molar refractivity (Wildman–Crippen MR) is 88.2 cm³/mol. The number of guanidine groups is 1. The van der Waals surface area contributed by atoms with Gasteiger partial charge in [0.05, 0.1) is 12.6 Å². The zero-order chi connectivity index (χ0) is 17.6. The van der Waals surface area contributed by atoms with Crippen LogP contribution in [0.3, 0.4) is 0 Å². The molecule has 0 saturated carbocycles. The van der Waals surface area contributed by atoms with Crippen molar-refractivity contribution in [2.45, 2.75) is 45.5 Å². The Morgan fingerprint density at radius 2 is 2.12 bits per heavy atom. The highest BCUT2D eigenvalue weighted by Crippen LogP contribution is 2.30. The Morgan fingerprint density at radius 1 is 1.42 bits per heavy atom. The van der Waals surface area contributed by atoms with Gasteiger partial charge in [0.2, 0.25) is 0 Å². The van der Waals surface area contributed by atoms with Crippen molar-refractivity contribution in [3.8, 4) is 0 Å². The maximum Gasteiger partial charge on any atom is 0.434 e. The Morgan fingerprint density at radius 3 is 2.67 bits per heavy atom. The monoisotopic (exact) mass is 364 g/mol. The average Bonchev–Trinajstić information content (AvgIpc) is 3.02. The van der Waals surface area contributed by atoms with Crippen molar-refractivity contribution in [3.05, 3.63) is 16.1 Å². The first kappa shape index (κ1) is 19.0. The summed E-state index contributed by atoms with van der Waals surface area (Å²) >= 11 is 0.986. The van der Waals surface area contributed by atoms with E-state index < -0.39 is 11.9 Å². The first-order valence-electron chi connectivity index (χ1n) is 8.10. The van der Waals surface area contributed by atoms with E-state index in [1.54, 1.807) is 0 Å². The third kappa shape index (κ3) is 5.34. The van der Waals surface area contributed by atoms with Crippen molar-refractivity contribution in [1.82, 2.24) is 15.2 Å². The molecule has 0 aliphatic carbocycles. The first-order valence-corrected chi connectivity index (χ1v) is 8.98. The van der Waals surface area contributed by atoms with Crippen LogP contribution in [-0.4, -0.2) is 48.2 Å². The third-order valence-electron chi connectivity index (χ3n) is 3.69. The summed E-state index contributed by atoms with van der Waals surface area (Å²) in [5, 5.41) is 4.59. The molecule has 1 aromatic rings. The van der Waals surface area contributed by atoms with Crippen LogP contribution in [0.1, 0.15) is 37.4 Å². The number of ether oxygens (including phenoxy) is 1. The van der Waals surface area contributed by atoms with Gasteiger partial charge in [-0.15, -0.1) is 11.3 Å². The van der Waals surface area contributed by atoms with Crippen molar-refractivity contribution in [2.75, 3.05) is 26.2 Å². The van der Waals surface area contributed by atoms with E-state index in [2.05, 4.69) is 20.2 Å². The Kier molecular flexibility index (Phi) is 6.85. The Hall–Kier alpha value is -1.35. The Labute approximate surface area is 143 Å². The number of thiazole rings is 1. The highest BCUT2D eigenvalue weighted by molar-refractivity contribution is 7.09. The van der Waals surface area contributed by atoms with Crippen LogP contribution >= 0.6 is 11.3 Å². The lowest BCUT2D eigenvalue weighted by Gasteiger charge is -2.34. The minimum absolute atomic E-state index is 0.147. The van der Waals surface area contributed by atoms with Crippen molar-refractivity contribution < 1.29 is 17.9 Å². The van der Waals surface area contributed by atoms with Crippen molar-refractivity contribution in [1.29, 1.82) is 0 Å². The van der Waals surface area contributed by atoms with Gasteiger partial charge in [0.25, 0.3) is 0 Å². The summed E-state index contributed by atoms with van der Waals surface area (Å²) in [6.45, 7) is 7.16. The summed E-state index contributed by atoms with van der Waals surface area (Å²) in [5.74, 6) is 0.719. The number of hydrogen-bond acceptors (Lipinski definition) is 4. The molecule has 0 spiro atoms. The number of aliphatic imine (C=N–C) groups is 1. The number of nitrogens with zero attached hydrogens (tertiary/aromatic N) is 3. The van der Waals surface area contributed by atoms with E-state index in [-0.39, 0.29) is 12.6 Å². The standard InChI is InChI=1S/C15H23F3N4OS/c1-3-19-14(22-7-5-11(6-8-22)23-4-2)20-9-13-21-12(10-24-13)15(16,17)18/h10-11H,3-9H2,1-2H3,(H,19,20). The van der Waals surface area contributed by atoms with Crippen LogP contribution in [0.15, 0.2) is 10.4 Å². The van der Waals surface area contributed by atoms with Gasteiger partial charge in [0.15, 0.2) is 11.7 Å². The van der Waals surface area contributed by atoms with Gasteiger partial charge >= 0.3 is 6.18 Å². The number of halogens is 3. The smallest absolute Gasteiger partial charge is 0.378 e. The normalized spacial score (nSPS) is 17.4. The number of nitrogens with one attached hydrogen (secondary N) is 1. The van der Waals surface area contributed by atoms with E-state index in [0.29, 0.717) is 18.2 Å². The second kappa shape index (κ2) is 8.66. The summed E-state index contributed by atoms with van der Waals surface area (Å²) in [5.41, 5.74) is -0.847. The van der Waals surface area contributed by atoms with E-state index in [4.69, 9.17) is 4.74 Å². The summed E-state index contributed by atoms with van der Waals surface area (Å²) in [4.78, 5) is 10.2. The molecule has 2 rings (SSSR count). The molecule has 1 saturated heterocycles. The first-order chi connectivity index (χ1) is 11.4. The molecule has 0 bridgehead atoms. The fourth-order valence-corrected chi connectivity index (χ4v) is 3.28. The SMILES string of the molecule is CCNC(=NCc1nc(C(F)(F)F)cs1)N1CCC(OCC)CC1. The Bertz CT molecular complexity index is 539. The van der Waals surface area contributed by atoms with Crippen LogP contribution in [0.5, 0.6) is 0 Å². The lowest BCUT2D eigenvalue weighted by Crippen LogP contribution is -2.47. The topological polar surface area (TPSA) is 49.8 Å².